The largest absolute Gasteiger partial charge is 0.387 e. The molecule has 0 bridgehead atoms. The van der Waals surface area contributed by atoms with E-state index in [1.807, 2.05) is 6.92 Å². The summed E-state index contributed by atoms with van der Waals surface area (Å²) in [6.45, 7) is 4.86. The Labute approximate surface area is 96.3 Å². The second-order valence-corrected chi connectivity index (χ2v) is 7.17. The summed E-state index contributed by atoms with van der Waals surface area (Å²) in [5, 5.41) is 10.1. The lowest BCUT2D eigenvalue weighted by molar-refractivity contribution is 0.139. The molecule has 5 heteroatoms. The first-order valence-electron chi connectivity index (χ1n) is 4.95. The first kappa shape index (κ1) is 13.1. The van der Waals surface area contributed by atoms with Crippen molar-refractivity contribution in [2.24, 2.45) is 0 Å². The quantitative estimate of drug-likeness (QED) is 0.867. The van der Waals surface area contributed by atoms with Gasteiger partial charge in [0, 0.05) is 24.2 Å². The van der Waals surface area contributed by atoms with Gasteiger partial charge in [-0.25, -0.2) is 8.42 Å². The van der Waals surface area contributed by atoms with E-state index in [1.165, 1.54) is 20.0 Å². The van der Waals surface area contributed by atoms with E-state index in [0.29, 0.717) is 5.56 Å². The minimum absolute atomic E-state index is 0.524. The highest BCUT2D eigenvalue weighted by Crippen LogP contribution is 2.31. The standard InChI is InChI=1S/C11H17NO3S/c1-8-5-9(7-12-6-8)10(13)11(2,3)16(4,14)15/h5-7,10,13H,1-4H3. The maximum atomic E-state index is 11.6. The molecule has 1 unspecified atom stereocenters. The fourth-order valence-corrected chi connectivity index (χ4v) is 1.87. The van der Waals surface area contributed by atoms with Gasteiger partial charge in [-0.3, -0.25) is 4.98 Å². The number of hydrogen-bond donors (Lipinski definition) is 1. The van der Waals surface area contributed by atoms with Crippen LogP contribution >= 0.6 is 0 Å². The van der Waals surface area contributed by atoms with Gasteiger partial charge in [-0.2, -0.15) is 0 Å². The Hall–Kier alpha value is -0.940. The van der Waals surface area contributed by atoms with Crippen LogP contribution in [0.2, 0.25) is 0 Å². The van der Waals surface area contributed by atoms with Crippen molar-refractivity contribution < 1.29 is 13.5 Å². The average molecular weight is 243 g/mol. The van der Waals surface area contributed by atoms with Crippen molar-refractivity contribution in [1.82, 2.24) is 4.98 Å². The summed E-state index contributed by atoms with van der Waals surface area (Å²) < 4.78 is 21.9. The third-order valence-electron chi connectivity index (χ3n) is 2.83. The number of aliphatic hydroxyl groups is 1. The van der Waals surface area contributed by atoms with Crippen molar-refractivity contribution in [3.05, 3.63) is 29.6 Å². The lowest BCUT2D eigenvalue weighted by Crippen LogP contribution is -2.37. The molecule has 16 heavy (non-hydrogen) atoms. The van der Waals surface area contributed by atoms with Gasteiger partial charge >= 0.3 is 0 Å². The van der Waals surface area contributed by atoms with E-state index in [9.17, 15) is 13.5 Å². The molecule has 1 atom stereocenters. The molecule has 1 heterocycles. The fraction of sp³-hybridized carbons (Fsp3) is 0.545. The zero-order chi connectivity index (χ0) is 12.6. The molecule has 1 aromatic rings. The van der Waals surface area contributed by atoms with Crippen LogP contribution in [0.3, 0.4) is 0 Å². The number of sulfone groups is 1. The maximum absolute atomic E-state index is 11.6. The van der Waals surface area contributed by atoms with Crippen LogP contribution in [-0.2, 0) is 9.84 Å². The van der Waals surface area contributed by atoms with Gasteiger partial charge < -0.3 is 5.11 Å². The third-order valence-corrected chi connectivity index (χ3v) is 4.96. The highest BCUT2D eigenvalue weighted by Gasteiger charge is 2.39. The molecular weight excluding hydrogens is 226 g/mol. The van der Waals surface area contributed by atoms with Gasteiger partial charge in [0.2, 0.25) is 0 Å². The van der Waals surface area contributed by atoms with Gasteiger partial charge in [-0.05, 0) is 26.3 Å². The molecule has 0 aromatic carbocycles. The maximum Gasteiger partial charge on any atom is 0.155 e. The van der Waals surface area contributed by atoms with Crippen LogP contribution in [0.5, 0.6) is 0 Å². The van der Waals surface area contributed by atoms with Crippen LogP contribution in [0, 0.1) is 6.92 Å². The molecule has 0 aliphatic carbocycles. The van der Waals surface area contributed by atoms with Crippen LogP contribution in [0.1, 0.15) is 31.1 Å². The van der Waals surface area contributed by atoms with Gasteiger partial charge in [0.1, 0.15) is 0 Å². The Balaban J connectivity index is 3.17. The van der Waals surface area contributed by atoms with Crippen molar-refractivity contribution >= 4 is 9.84 Å². The number of aromatic nitrogens is 1. The summed E-state index contributed by atoms with van der Waals surface area (Å²) >= 11 is 0. The SMILES string of the molecule is Cc1cncc(C(O)C(C)(C)S(C)(=O)=O)c1. The lowest BCUT2D eigenvalue weighted by Gasteiger charge is -2.28. The topological polar surface area (TPSA) is 67.3 Å². The molecule has 0 aliphatic heterocycles. The molecule has 1 aromatic heterocycles. The molecular formula is C11H17NO3S. The summed E-state index contributed by atoms with van der Waals surface area (Å²) in [6.07, 6.45) is 3.20. The van der Waals surface area contributed by atoms with Crippen molar-refractivity contribution in [3.63, 3.8) is 0 Å². The van der Waals surface area contributed by atoms with Gasteiger partial charge in [-0.1, -0.05) is 6.07 Å². The minimum atomic E-state index is -3.34. The van der Waals surface area contributed by atoms with Crippen LogP contribution in [0.15, 0.2) is 18.5 Å². The molecule has 0 aliphatic rings. The Morgan fingerprint density at radius 2 is 1.94 bits per heavy atom. The lowest BCUT2D eigenvalue weighted by atomic mass is 9.99. The Morgan fingerprint density at radius 3 is 2.38 bits per heavy atom. The molecule has 0 spiro atoms. The zero-order valence-electron chi connectivity index (χ0n) is 9.93. The number of pyridine rings is 1. The molecule has 4 nitrogen and oxygen atoms in total. The summed E-state index contributed by atoms with van der Waals surface area (Å²) in [5.41, 5.74) is 1.41. The number of aryl methyl sites for hydroxylation is 1. The molecule has 0 radical (unpaired) electrons. The number of aliphatic hydroxyl groups excluding tert-OH is 1. The average Bonchev–Trinajstić information content (AvgIpc) is 2.14. The fourth-order valence-electron chi connectivity index (χ4n) is 1.33. The Kier molecular flexibility index (Phi) is 3.40. The van der Waals surface area contributed by atoms with E-state index in [0.717, 1.165) is 11.8 Å². The summed E-state index contributed by atoms with van der Waals surface area (Å²) in [4.78, 5) is 3.95. The first-order chi connectivity index (χ1) is 7.16. The van der Waals surface area contributed by atoms with E-state index in [-0.39, 0.29) is 0 Å². The van der Waals surface area contributed by atoms with Crippen molar-refractivity contribution in [1.29, 1.82) is 0 Å². The van der Waals surface area contributed by atoms with E-state index in [4.69, 9.17) is 0 Å². The number of hydrogen-bond acceptors (Lipinski definition) is 4. The molecule has 90 valence electrons. The smallest absolute Gasteiger partial charge is 0.155 e. The van der Waals surface area contributed by atoms with Gasteiger partial charge in [-0.15, -0.1) is 0 Å². The minimum Gasteiger partial charge on any atom is -0.387 e. The van der Waals surface area contributed by atoms with Crippen LogP contribution < -0.4 is 0 Å². The van der Waals surface area contributed by atoms with Crippen LogP contribution in [-0.4, -0.2) is 29.5 Å². The summed E-state index contributed by atoms with van der Waals surface area (Å²) in [7, 11) is -3.34. The molecule has 0 amide bonds. The summed E-state index contributed by atoms with van der Waals surface area (Å²) in [6, 6.07) is 1.74. The first-order valence-corrected chi connectivity index (χ1v) is 6.84. The highest BCUT2D eigenvalue weighted by atomic mass is 32.2. The van der Waals surface area contributed by atoms with E-state index < -0.39 is 20.7 Å². The normalized spacial score (nSPS) is 14.8. The Bertz CT molecular complexity index is 480. The van der Waals surface area contributed by atoms with Crippen molar-refractivity contribution in [3.8, 4) is 0 Å². The molecule has 0 saturated carbocycles. The number of nitrogens with zero attached hydrogens (tertiary/aromatic N) is 1. The summed E-state index contributed by atoms with van der Waals surface area (Å²) in [5.74, 6) is 0. The molecule has 0 fully saturated rings. The predicted molar refractivity (Wildman–Crippen MR) is 62.9 cm³/mol. The predicted octanol–water partition coefficient (Wildman–Crippen LogP) is 1.25. The number of rotatable bonds is 3. The second-order valence-electron chi connectivity index (χ2n) is 4.57. The second kappa shape index (κ2) is 4.14. The van der Waals surface area contributed by atoms with E-state index >= 15 is 0 Å². The third kappa shape index (κ3) is 2.41. The van der Waals surface area contributed by atoms with Gasteiger partial charge in [0.25, 0.3) is 0 Å². The molecule has 0 saturated heterocycles. The highest BCUT2D eigenvalue weighted by molar-refractivity contribution is 7.92. The zero-order valence-corrected chi connectivity index (χ0v) is 10.7. The monoisotopic (exact) mass is 243 g/mol. The van der Waals surface area contributed by atoms with Crippen molar-refractivity contribution in [2.45, 2.75) is 31.6 Å². The van der Waals surface area contributed by atoms with E-state index in [1.54, 1.807) is 12.3 Å². The van der Waals surface area contributed by atoms with Gasteiger partial charge in [0.05, 0.1) is 10.9 Å². The molecule has 1 N–H and O–H groups in total. The van der Waals surface area contributed by atoms with E-state index in [2.05, 4.69) is 4.98 Å². The Morgan fingerprint density at radius 1 is 1.38 bits per heavy atom. The van der Waals surface area contributed by atoms with Crippen LogP contribution in [0.25, 0.3) is 0 Å². The molecule has 1 rings (SSSR count). The van der Waals surface area contributed by atoms with Crippen molar-refractivity contribution in [2.75, 3.05) is 6.26 Å². The van der Waals surface area contributed by atoms with Gasteiger partial charge in [0.15, 0.2) is 9.84 Å². The van der Waals surface area contributed by atoms with Crippen LogP contribution in [0.4, 0.5) is 0 Å².